The van der Waals surface area contributed by atoms with Crippen LogP contribution in [-0.2, 0) is 0 Å². The minimum Gasteiger partial charge on any atom is -0.370 e. The van der Waals surface area contributed by atoms with E-state index < -0.39 is 0 Å². The van der Waals surface area contributed by atoms with Crippen LogP contribution in [0, 0.1) is 11.3 Å². The van der Waals surface area contributed by atoms with E-state index in [0.717, 1.165) is 37.3 Å². The molecular weight excluding hydrogens is 264 g/mol. The summed E-state index contributed by atoms with van der Waals surface area (Å²) in [6.45, 7) is 2.93. The number of hydrogen-bond acceptors (Lipinski definition) is 5. The first-order valence-electron chi connectivity index (χ1n) is 7.15. The molecule has 0 aliphatic carbocycles. The lowest BCUT2D eigenvalue weighted by Crippen LogP contribution is -2.23. The van der Waals surface area contributed by atoms with Gasteiger partial charge in [-0.05, 0) is 25.0 Å². The second-order valence-electron chi connectivity index (χ2n) is 4.95. The standard InChI is InChI=1S/C15H20N6/c1-2-4-11(17)7-8-18-15-6-3-5-13(19-15)14-9-12(10-16)20-21-14/h3,5-6,9,11H,2,4,7-8,17H2,1H3,(H,18,19)(H,20,21). The van der Waals surface area contributed by atoms with Gasteiger partial charge in [-0.25, -0.2) is 4.98 Å². The second-order valence-corrected chi connectivity index (χ2v) is 4.95. The monoisotopic (exact) mass is 284 g/mol. The van der Waals surface area contributed by atoms with Crippen molar-refractivity contribution in [3.63, 3.8) is 0 Å². The number of nitrogens with zero attached hydrogens (tertiary/aromatic N) is 3. The Morgan fingerprint density at radius 2 is 2.24 bits per heavy atom. The number of nitriles is 1. The van der Waals surface area contributed by atoms with Crippen molar-refractivity contribution >= 4 is 5.82 Å². The fraction of sp³-hybridized carbons (Fsp3) is 0.400. The fourth-order valence-corrected chi connectivity index (χ4v) is 2.09. The van der Waals surface area contributed by atoms with Crippen LogP contribution in [0.3, 0.4) is 0 Å². The highest BCUT2D eigenvalue weighted by molar-refractivity contribution is 5.58. The van der Waals surface area contributed by atoms with Crippen LogP contribution in [0.4, 0.5) is 5.82 Å². The Morgan fingerprint density at radius 3 is 2.95 bits per heavy atom. The number of aromatic amines is 1. The SMILES string of the molecule is CCCC(N)CCNc1cccc(-c2cc(C#N)[nH]n2)n1. The highest BCUT2D eigenvalue weighted by Crippen LogP contribution is 2.17. The molecule has 2 aromatic heterocycles. The fourth-order valence-electron chi connectivity index (χ4n) is 2.09. The van der Waals surface area contributed by atoms with E-state index in [1.807, 2.05) is 24.3 Å². The summed E-state index contributed by atoms with van der Waals surface area (Å²) in [6.07, 6.45) is 3.06. The summed E-state index contributed by atoms with van der Waals surface area (Å²) in [5.41, 5.74) is 7.81. The number of pyridine rings is 1. The normalized spacial score (nSPS) is 11.9. The van der Waals surface area contributed by atoms with E-state index in [4.69, 9.17) is 11.0 Å². The van der Waals surface area contributed by atoms with Crippen LogP contribution in [0.5, 0.6) is 0 Å². The Morgan fingerprint density at radius 1 is 1.38 bits per heavy atom. The number of anilines is 1. The second kappa shape index (κ2) is 7.41. The molecule has 0 fully saturated rings. The van der Waals surface area contributed by atoms with Crippen LogP contribution < -0.4 is 11.1 Å². The molecule has 2 rings (SSSR count). The number of H-pyrrole nitrogens is 1. The first kappa shape index (κ1) is 15.0. The molecule has 6 nitrogen and oxygen atoms in total. The van der Waals surface area contributed by atoms with Crippen molar-refractivity contribution in [1.29, 1.82) is 5.26 Å². The van der Waals surface area contributed by atoms with Gasteiger partial charge in [0.2, 0.25) is 0 Å². The molecular formula is C15H20N6. The third-order valence-electron chi connectivity index (χ3n) is 3.19. The lowest BCUT2D eigenvalue weighted by molar-refractivity contribution is 0.574. The van der Waals surface area contributed by atoms with Gasteiger partial charge in [0.05, 0.1) is 5.69 Å². The molecule has 21 heavy (non-hydrogen) atoms. The number of aromatic nitrogens is 3. The topological polar surface area (TPSA) is 103 Å². The van der Waals surface area contributed by atoms with Gasteiger partial charge < -0.3 is 11.1 Å². The third-order valence-corrected chi connectivity index (χ3v) is 3.19. The Labute approximate surface area is 124 Å². The van der Waals surface area contributed by atoms with Crippen LogP contribution in [0.1, 0.15) is 31.9 Å². The molecule has 1 unspecified atom stereocenters. The lowest BCUT2D eigenvalue weighted by atomic mass is 10.1. The largest absolute Gasteiger partial charge is 0.370 e. The molecule has 6 heteroatoms. The van der Waals surface area contributed by atoms with Crippen LogP contribution in [0.2, 0.25) is 0 Å². The highest BCUT2D eigenvalue weighted by Gasteiger charge is 2.06. The zero-order valence-electron chi connectivity index (χ0n) is 12.1. The van der Waals surface area contributed by atoms with Crippen LogP contribution in [0.15, 0.2) is 24.3 Å². The van der Waals surface area contributed by atoms with Crippen molar-refractivity contribution in [2.24, 2.45) is 5.73 Å². The molecule has 0 radical (unpaired) electrons. The van der Waals surface area contributed by atoms with E-state index in [0.29, 0.717) is 11.4 Å². The molecule has 0 spiro atoms. The molecule has 0 aromatic carbocycles. The maximum atomic E-state index is 8.80. The molecule has 110 valence electrons. The van der Waals surface area contributed by atoms with Crippen LogP contribution >= 0.6 is 0 Å². The summed E-state index contributed by atoms with van der Waals surface area (Å²) in [6, 6.07) is 9.62. The van der Waals surface area contributed by atoms with Crippen molar-refractivity contribution in [2.75, 3.05) is 11.9 Å². The number of rotatable bonds is 7. The number of nitrogens with one attached hydrogen (secondary N) is 2. The van der Waals surface area contributed by atoms with E-state index in [9.17, 15) is 0 Å². The minimum absolute atomic E-state index is 0.232. The summed E-state index contributed by atoms with van der Waals surface area (Å²) >= 11 is 0. The van der Waals surface area contributed by atoms with Gasteiger partial charge in [0, 0.05) is 18.7 Å². The zero-order chi connectivity index (χ0) is 15.1. The van der Waals surface area contributed by atoms with Gasteiger partial charge in [0.1, 0.15) is 23.3 Å². The predicted molar refractivity (Wildman–Crippen MR) is 82.5 cm³/mol. The molecule has 0 saturated carbocycles. The quantitative estimate of drug-likeness (QED) is 0.723. The Kier molecular flexibility index (Phi) is 5.29. The number of hydrogen-bond donors (Lipinski definition) is 3. The van der Waals surface area contributed by atoms with Gasteiger partial charge in [-0.1, -0.05) is 19.4 Å². The Balaban J connectivity index is 1.96. The van der Waals surface area contributed by atoms with E-state index in [1.54, 1.807) is 6.07 Å². The molecule has 2 aromatic rings. The molecule has 0 aliphatic rings. The van der Waals surface area contributed by atoms with Crippen LogP contribution in [-0.4, -0.2) is 27.8 Å². The van der Waals surface area contributed by atoms with Crippen molar-refractivity contribution in [3.8, 4) is 17.5 Å². The van der Waals surface area contributed by atoms with Gasteiger partial charge in [-0.15, -0.1) is 0 Å². The summed E-state index contributed by atoms with van der Waals surface area (Å²) < 4.78 is 0. The highest BCUT2D eigenvalue weighted by atomic mass is 15.1. The van der Waals surface area contributed by atoms with Gasteiger partial charge in [-0.3, -0.25) is 5.10 Å². The van der Waals surface area contributed by atoms with Crippen molar-refractivity contribution in [2.45, 2.75) is 32.2 Å². The summed E-state index contributed by atoms with van der Waals surface area (Å²) in [5, 5.41) is 18.8. The first-order chi connectivity index (χ1) is 10.2. The predicted octanol–water partition coefficient (Wildman–Crippen LogP) is 2.27. The average Bonchev–Trinajstić information content (AvgIpc) is 2.97. The third kappa shape index (κ3) is 4.29. The number of nitrogens with two attached hydrogens (primary N) is 1. The van der Waals surface area contributed by atoms with Crippen molar-refractivity contribution in [3.05, 3.63) is 30.0 Å². The molecule has 2 heterocycles. The summed E-state index contributed by atoms with van der Waals surface area (Å²) in [7, 11) is 0. The molecule has 0 saturated heterocycles. The molecule has 0 aliphatic heterocycles. The first-order valence-corrected chi connectivity index (χ1v) is 7.15. The summed E-state index contributed by atoms with van der Waals surface area (Å²) in [5.74, 6) is 0.790. The van der Waals surface area contributed by atoms with Crippen molar-refractivity contribution < 1.29 is 0 Å². The van der Waals surface area contributed by atoms with E-state index in [-0.39, 0.29) is 6.04 Å². The zero-order valence-corrected chi connectivity index (χ0v) is 12.1. The lowest BCUT2D eigenvalue weighted by Gasteiger charge is -2.11. The van der Waals surface area contributed by atoms with E-state index in [2.05, 4.69) is 27.4 Å². The smallest absolute Gasteiger partial charge is 0.136 e. The minimum atomic E-state index is 0.232. The van der Waals surface area contributed by atoms with Crippen molar-refractivity contribution in [1.82, 2.24) is 15.2 Å². The Bertz CT molecular complexity index is 613. The average molecular weight is 284 g/mol. The van der Waals surface area contributed by atoms with Gasteiger partial charge in [0.15, 0.2) is 0 Å². The summed E-state index contributed by atoms with van der Waals surface area (Å²) in [4.78, 5) is 4.49. The molecule has 1 atom stereocenters. The molecule has 4 N–H and O–H groups in total. The van der Waals surface area contributed by atoms with Gasteiger partial charge in [-0.2, -0.15) is 10.4 Å². The Hall–Kier alpha value is -2.39. The molecule has 0 amide bonds. The van der Waals surface area contributed by atoms with Gasteiger partial charge >= 0.3 is 0 Å². The van der Waals surface area contributed by atoms with E-state index in [1.165, 1.54) is 0 Å². The maximum Gasteiger partial charge on any atom is 0.136 e. The van der Waals surface area contributed by atoms with Crippen LogP contribution in [0.25, 0.3) is 11.4 Å². The maximum absolute atomic E-state index is 8.80. The van der Waals surface area contributed by atoms with E-state index >= 15 is 0 Å². The van der Waals surface area contributed by atoms with Gasteiger partial charge in [0.25, 0.3) is 0 Å². The molecule has 0 bridgehead atoms.